The first kappa shape index (κ1) is 14.7. The van der Waals surface area contributed by atoms with Gasteiger partial charge in [0, 0.05) is 23.1 Å². The van der Waals surface area contributed by atoms with Gasteiger partial charge in [-0.25, -0.2) is 0 Å². The number of aliphatic hydroxyl groups is 1. The summed E-state index contributed by atoms with van der Waals surface area (Å²) in [5.41, 5.74) is 0.327. The fourth-order valence-electron chi connectivity index (χ4n) is 2.42. The molecule has 1 aromatic heterocycles. The number of benzene rings is 1. The molecule has 0 atom stereocenters. The average molecular weight is 352 g/mol. The topological polar surface area (TPSA) is 62.4 Å². The predicted octanol–water partition coefficient (Wildman–Crippen LogP) is 2.70. The molecule has 3 rings (SSSR count). The molecule has 0 aliphatic carbocycles. The molecule has 21 heavy (non-hydrogen) atoms. The first-order valence-electron chi connectivity index (χ1n) is 6.99. The molecule has 2 aromatic rings. The minimum atomic E-state index is -0.575. The number of hydrogen-bond donors (Lipinski definition) is 1. The van der Waals surface area contributed by atoms with E-state index in [9.17, 15) is 5.11 Å². The van der Waals surface area contributed by atoms with E-state index in [1.807, 2.05) is 38.1 Å². The van der Waals surface area contributed by atoms with E-state index in [1.165, 1.54) is 0 Å². The summed E-state index contributed by atoms with van der Waals surface area (Å²) in [7, 11) is 0. The molecule has 0 spiro atoms. The lowest BCUT2D eigenvalue weighted by molar-refractivity contribution is -0.132. The van der Waals surface area contributed by atoms with Gasteiger partial charge in [-0.15, -0.1) is 10.2 Å². The smallest absolute Gasteiger partial charge is 0.247 e. The largest absolute Gasteiger partial charge is 0.419 e. The Hall–Kier alpha value is -1.24. The molecule has 0 saturated carbocycles. The third-order valence-corrected chi connectivity index (χ3v) is 4.52. The molecule has 5 nitrogen and oxygen atoms in total. The fourth-order valence-corrected chi connectivity index (χ4v) is 2.69. The van der Waals surface area contributed by atoms with Gasteiger partial charge in [-0.2, -0.15) is 0 Å². The second kappa shape index (κ2) is 5.51. The van der Waals surface area contributed by atoms with E-state index in [0.29, 0.717) is 31.4 Å². The molecule has 0 amide bonds. The monoisotopic (exact) mass is 351 g/mol. The number of halogens is 1. The van der Waals surface area contributed by atoms with Crippen molar-refractivity contribution in [1.82, 2.24) is 15.1 Å². The van der Waals surface area contributed by atoms with Gasteiger partial charge in [0.1, 0.15) is 0 Å². The van der Waals surface area contributed by atoms with Crippen molar-refractivity contribution in [3.63, 3.8) is 0 Å². The van der Waals surface area contributed by atoms with Gasteiger partial charge >= 0.3 is 0 Å². The maximum absolute atomic E-state index is 10.2. The Bertz CT molecular complexity index is 618. The number of nitrogens with zero attached hydrogens (tertiary/aromatic N) is 3. The fraction of sp³-hybridized carbons (Fsp3) is 0.467. The van der Waals surface area contributed by atoms with Crippen molar-refractivity contribution < 1.29 is 9.52 Å². The molecule has 1 N–H and O–H groups in total. The van der Waals surface area contributed by atoms with Gasteiger partial charge in [-0.1, -0.05) is 29.8 Å². The van der Waals surface area contributed by atoms with Crippen LogP contribution in [0.2, 0.25) is 0 Å². The zero-order valence-corrected chi connectivity index (χ0v) is 13.7. The molecule has 112 valence electrons. The lowest BCUT2D eigenvalue weighted by atomic mass is 9.83. The van der Waals surface area contributed by atoms with Crippen LogP contribution in [0.15, 0.2) is 33.2 Å². The summed E-state index contributed by atoms with van der Waals surface area (Å²) in [6.45, 7) is 5.96. The summed E-state index contributed by atoms with van der Waals surface area (Å²) in [5.74, 6) is 1.37. The molecule has 2 heterocycles. The summed E-state index contributed by atoms with van der Waals surface area (Å²) in [6.07, 6.45) is 0. The van der Waals surface area contributed by atoms with Crippen molar-refractivity contribution in [2.45, 2.75) is 26.0 Å². The molecule has 1 saturated heterocycles. The number of β-amino-alcohol motifs (C(OH)–C–C–N with tert-alkyl or cyclic N) is 1. The van der Waals surface area contributed by atoms with Gasteiger partial charge < -0.3 is 9.52 Å². The van der Waals surface area contributed by atoms with Gasteiger partial charge in [0.25, 0.3) is 0 Å². The van der Waals surface area contributed by atoms with Crippen LogP contribution in [0.5, 0.6) is 0 Å². The van der Waals surface area contributed by atoms with Gasteiger partial charge in [0.05, 0.1) is 12.1 Å². The summed E-state index contributed by atoms with van der Waals surface area (Å²) in [6, 6.07) is 7.75. The number of aromatic nitrogens is 2. The predicted molar refractivity (Wildman–Crippen MR) is 82.5 cm³/mol. The first-order chi connectivity index (χ1) is 9.96. The molecule has 0 bridgehead atoms. The highest BCUT2D eigenvalue weighted by molar-refractivity contribution is 9.10. The van der Waals surface area contributed by atoms with E-state index in [1.54, 1.807) is 0 Å². The molecular weight excluding hydrogens is 334 g/mol. The van der Waals surface area contributed by atoms with Gasteiger partial charge in [0.2, 0.25) is 11.8 Å². The Morgan fingerprint density at radius 1 is 1.29 bits per heavy atom. The normalized spacial score (nSPS) is 18.0. The zero-order valence-electron chi connectivity index (χ0n) is 12.1. The third kappa shape index (κ3) is 3.02. The lowest BCUT2D eigenvalue weighted by Gasteiger charge is -2.48. The van der Waals surface area contributed by atoms with Crippen LogP contribution in [0.25, 0.3) is 11.5 Å². The summed E-state index contributed by atoms with van der Waals surface area (Å²) >= 11 is 3.40. The highest BCUT2D eigenvalue weighted by Crippen LogP contribution is 2.30. The van der Waals surface area contributed by atoms with Crippen molar-refractivity contribution in [2.24, 2.45) is 5.92 Å². The standard InChI is InChI=1S/C15H18BrN3O2/c1-10(2)15(20)8-19(9-15)7-13-17-18-14(21-13)11-3-5-12(16)6-4-11/h3-6,10,20H,7-9H2,1-2H3. The minimum Gasteiger partial charge on any atom is -0.419 e. The van der Waals surface area contributed by atoms with Crippen molar-refractivity contribution in [1.29, 1.82) is 0 Å². The molecule has 1 aliphatic heterocycles. The Kier molecular flexibility index (Phi) is 3.86. The average Bonchev–Trinajstić information content (AvgIpc) is 2.86. The molecule has 0 unspecified atom stereocenters. The quantitative estimate of drug-likeness (QED) is 0.917. The van der Waals surface area contributed by atoms with E-state index >= 15 is 0 Å². The molecule has 1 fully saturated rings. The Morgan fingerprint density at radius 2 is 1.95 bits per heavy atom. The summed E-state index contributed by atoms with van der Waals surface area (Å²) < 4.78 is 6.70. The zero-order chi connectivity index (χ0) is 15.0. The maximum Gasteiger partial charge on any atom is 0.247 e. The van der Waals surface area contributed by atoms with Crippen LogP contribution < -0.4 is 0 Å². The van der Waals surface area contributed by atoms with Crippen molar-refractivity contribution in [3.05, 3.63) is 34.6 Å². The van der Waals surface area contributed by atoms with Gasteiger partial charge in [-0.3, -0.25) is 4.90 Å². The van der Waals surface area contributed by atoms with Crippen molar-refractivity contribution in [3.8, 4) is 11.5 Å². The van der Waals surface area contributed by atoms with E-state index in [4.69, 9.17) is 4.42 Å². The molecule has 1 aliphatic rings. The van der Waals surface area contributed by atoms with Crippen LogP contribution in [0.3, 0.4) is 0 Å². The number of rotatable bonds is 4. The van der Waals surface area contributed by atoms with Crippen LogP contribution in [0.4, 0.5) is 0 Å². The second-order valence-electron chi connectivity index (χ2n) is 5.91. The highest BCUT2D eigenvalue weighted by atomic mass is 79.9. The van der Waals surface area contributed by atoms with Crippen LogP contribution in [0, 0.1) is 5.92 Å². The van der Waals surface area contributed by atoms with E-state index in [0.717, 1.165) is 10.0 Å². The SMILES string of the molecule is CC(C)C1(O)CN(Cc2nnc(-c3ccc(Br)cc3)o2)C1. The van der Waals surface area contributed by atoms with Crippen LogP contribution in [-0.2, 0) is 6.54 Å². The molecular formula is C15H18BrN3O2. The van der Waals surface area contributed by atoms with Crippen molar-refractivity contribution >= 4 is 15.9 Å². The Balaban J connectivity index is 1.63. The third-order valence-electron chi connectivity index (χ3n) is 3.99. The van der Waals surface area contributed by atoms with Crippen LogP contribution >= 0.6 is 15.9 Å². The van der Waals surface area contributed by atoms with E-state index in [-0.39, 0.29) is 5.92 Å². The van der Waals surface area contributed by atoms with Crippen LogP contribution in [-0.4, -0.2) is 38.9 Å². The minimum absolute atomic E-state index is 0.259. The maximum atomic E-state index is 10.2. The van der Waals surface area contributed by atoms with Crippen molar-refractivity contribution in [2.75, 3.05) is 13.1 Å². The molecule has 1 aromatic carbocycles. The molecule has 0 radical (unpaired) electrons. The molecule has 6 heteroatoms. The van der Waals surface area contributed by atoms with E-state index in [2.05, 4.69) is 31.0 Å². The Morgan fingerprint density at radius 3 is 2.57 bits per heavy atom. The lowest BCUT2D eigenvalue weighted by Crippen LogP contribution is -2.63. The number of likely N-dealkylation sites (tertiary alicyclic amines) is 1. The van der Waals surface area contributed by atoms with Gasteiger partial charge in [-0.05, 0) is 30.2 Å². The number of hydrogen-bond acceptors (Lipinski definition) is 5. The second-order valence-corrected chi connectivity index (χ2v) is 6.83. The summed E-state index contributed by atoms with van der Waals surface area (Å²) in [4.78, 5) is 2.11. The van der Waals surface area contributed by atoms with Gasteiger partial charge in [0.15, 0.2) is 0 Å². The first-order valence-corrected chi connectivity index (χ1v) is 7.79. The summed E-state index contributed by atoms with van der Waals surface area (Å²) in [5, 5.41) is 18.4. The van der Waals surface area contributed by atoms with Crippen LogP contribution in [0.1, 0.15) is 19.7 Å². The highest BCUT2D eigenvalue weighted by Gasteiger charge is 2.43. The van der Waals surface area contributed by atoms with E-state index < -0.39 is 5.60 Å². The Labute approximate surface area is 132 Å².